The van der Waals surface area contributed by atoms with E-state index in [0.29, 0.717) is 0 Å². The second-order valence-corrected chi connectivity index (χ2v) is 18.1. The maximum Gasteiger partial charge on any atom is 0.126 e. The minimum Gasteiger partial charge on any atom is -0.496 e. The quantitative estimate of drug-likeness (QED) is 0.612. The topological polar surface area (TPSA) is 9.23 Å². The SMILES string of the molecule is COc1c(PCl)cc([Si](C)(C)C)cc1[Si](C)(C)C. The Kier molecular flexibility index (Phi) is 5.10. The van der Waals surface area contributed by atoms with Crippen LogP contribution >= 0.6 is 19.2 Å². The molecule has 0 bridgehead atoms. The summed E-state index contributed by atoms with van der Waals surface area (Å²) in [4.78, 5) is 0. The Morgan fingerprint density at radius 1 is 1.00 bits per heavy atom. The van der Waals surface area contributed by atoms with Crippen molar-refractivity contribution in [3.05, 3.63) is 12.1 Å². The highest BCUT2D eigenvalue weighted by molar-refractivity contribution is 7.75. The fourth-order valence-electron chi connectivity index (χ4n) is 1.91. The van der Waals surface area contributed by atoms with Gasteiger partial charge in [-0.25, -0.2) is 0 Å². The molecular weight excluding hydrogens is 295 g/mol. The van der Waals surface area contributed by atoms with Crippen LogP contribution in [-0.2, 0) is 0 Å². The Hall–Kier alpha value is 0.174. The first-order valence-electron chi connectivity index (χ1n) is 6.21. The third-order valence-electron chi connectivity index (χ3n) is 3.07. The van der Waals surface area contributed by atoms with Gasteiger partial charge in [-0.2, -0.15) is 0 Å². The van der Waals surface area contributed by atoms with Crippen molar-refractivity contribution >= 4 is 51.0 Å². The fraction of sp³-hybridized carbons (Fsp3) is 0.538. The number of hydrogen-bond acceptors (Lipinski definition) is 1. The summed E-state index contributed by atoms with van der Waals surface area (Å²) in [5.41, 5.74) is 0. The third kappa shape index (κ3) is 3.60. The summed E-state index contributed by atoms with van der Waals surface area (Å²) in [6.07, 6.45) is 0. The van der Waals surface area contributed by atoms with E-state index in [2.05, 4.69) is 51.4 Å². The lowest BCUT2D eigenvalue weighted by atomic mass is 10.3. The first kappa shape index (κ1) is 16.2. The van der Waals surface area contributed by atoms with Crippen LogP contribution in [0.4, 0.5) is 0 Å². The zero-order valence-electron chi connectivity index (χ0n) is 12.4. The van der Waals surface area contributed by atoms with Crippen molar-refractivity contribution < 1.29 is 4.74 Å². The standard InChI is InChI=1S/C13H24ClOPSi2/c1-15-13-11(16-14)8-10(17(2,3)4)9-12(13)18(5,6)7/h8-9,16H,1-7H3. The minimum atomic E-state index is -1.41. The van der Waals surface area contributed by atoms with Gasteiger partial charge in [-0.3, -0.25) is 0 Å². The maximum absolute atomic E-state index is 6.13. The number of hydrogen-bond donors (Lipinski definition) is 0. The molecule has 0 heterocycles. The number of benzene rings is 1. The van der Waals surface area contributed by atoms with E-state index < -0.39 is 16.1 Å². The molecule has 0 radical (unpaired) electrons. The van der Waals surface area contributed by atoms with Crippen molar-refractivity contribution in [1.29, 1.82) is 0 Å². The molecule has 0 fully saturated rings. The van der Waals surface area contributed by atoms with Crippen molar-refractivity contribution in [2.45, 2.75) is 39.3 Å². The summed E-state index contributed by atoms with van der Waals surface area (Å²) in [7, 11) is -0.692. The van der Waals surface area contributed by atoms with Crippen LogP contribution in [0, 0.1) is 0 Å². The van der Waals surface area contributed by atoms with Gasteiger partial charge in [0.1, 0.15) is 5.75 Å². The van der Waals surface area contributed by atoms with Gasteiger partial charge in [-0.15, -0.1) is 0 Å². The normalized spacial score (nSPS) is 13.3. The van der Waals surface area contributed by atoms with Gasteiger partial charge in [-0.1, -0.05) is 67.8 Å². The summed E-state index contributed by atoms with van der Waals surface area (Å²) in [6, 6.07) is 4.65. The first-order chi connectivity index (χ1) is 8.11. The van der Waals surface area contributed by atoms with Gasteiger partial charge in [0.25, 0.3) is 0 Å². The lowest BCUT2D eigenvalue weighted by Crippen LogP contribution is -2.47. The van der Waals surface area contributed by atoms with Gasteiger partial charge in [0.15, 0.2) is 0 Å². The Morgan fingerprint density at radius 2 is 1.56 bits per heavy atom. The Morgan fingerprint density at radius 3 is 1.89 bits per heavy atom. The summed E-state index contributed by atoms with van der Waals surface area (Å²) in [5, 5.41) is 4.08. The van der Waals surface area contributed by atoms with Crippen LogP contribution in [0.15, 0.2) is 12.1 Å². The zero-order valence-corrected chi connectivity index (χ0v) is 16.2. The van der Waals surface area contributed by atoms with E-state index in [9.17, 15) is 0 Å². The number of methoxy groups -OCH3 is 1. The van der Waals surface area contributed by atoms with E-state index in [0.717, 1.165) is 5.75 Å². The molecule has 0 aliphatic heterocycles. The van der Waals surface area contributed by atoms with Crippen molar-refractivity contribution in [3.63, 3.8) is 0 Å². The first-order valence-corrected chi connectivity index (χ1v) is 15.2. The largest absolute Gasteiger partial charge is 0.496 e. The molecule has 0 aliphatic carbocycles. The molecule has 1 aromatic rings. The summed E-state index contributed by atoms with van der Waals surface area (Å²) in [5.74, 6) is 1.03. The van der Waals surface area contributed by atoms with E-state index in [4.69, 9.17) is 16.0 Å². The van der Waals surface area contributed by atoms with Gasteiger partial charge < -0.3 is 4.74 Å². The molecule has 0 spiro atoms. The third-order valence-corrected chi connectivity index (χ3v) is 8.26. The van der Waals surface area contributed by atoms with E-state index in [1.807, 2.05) is 0 Å². The van der Waals surface area contributed by atoms with Crippen molar-refractivity contribution in [1.82, 2.24) is 0 Å². The molecular formula is C13H24ClOPSi2. The predicted molar refractivity (Wildman–Crippen MR) is 92.8 cm³/mol. The average Bonchev–Trinajstić information content (AvgIpc) is 2.24. The molecule has 1 atom stereocenters. The number of halogens is 1. The zero-order chi connectivity index (χ0) is 14.1. The molecule has 0 saturated heterocycles. The molecule has 0 aromatic heterocycles. The van der Waals surface area contributed by atoms with Crippen LogP contribution in [0.2, 0.25) is 39.3 Å². The van der Waals surface area contributed by atoms with E-state index in [1.54, 1.807) is 7.11 Å². The van der Waals surface area contributed by atoms with Crippen LogP contribution < -0.4 is 20.4 Å². The lowest BCUT2D eigenvalue weighted by Gasteiger charge is -2.26. The molecule has 18 heavy (non-hydrogen) atoms. The highest BCUT2D eigenvalue weighted by atomic mass is 35.7. The van der Waals surface area contributed by atoms with Crippen LogP contribution in [0.1, 0.15) is 0 Å². The Labute approximate surface area is 120 Å². The van der Waals surface area contributed by atoms with E-state index in [1.165, 1.54) is 15.7 Å². The molecule has 0 aliphatic rings. The predicted octanol–water partition coefficient (Wildman–Crippen LogP) is 3.24. The highest BCUT2D eigenvalue weighted by Crippen LogP contribution is 2.24. The molecule has 1 nitrogen and oxygen atoms in total. The molecule has 102 valence electrons. The van der Waals surface area contributed by atoms with Crippen LogP contribution in [0.25, 0.3) is 0 Å². The molecule has 0 amide bonds. The minimum absolute atomic E-state index is 0.278. The second-order valence-electron chi connectivity index (χ2n) is 6.70. The van der Waals surface area contributed by atoms with Crippen LogP contribution in [0.3, 0.4) is 0 Å². The fourth-order valence-corrected chi connectivity index (χ4v) is 5.94. The van der Waals surface area contributed by atoms with Gasteiger partial charge in [0.2, 0.25) is 0 Å². The number of ether oxygens (including phenoxy) is 1. The summed E-state index contributed by atoms with van der Waals surface area (Å²) < 4.78 is 5.63. The van der Waals surface area contributed by atoms with Crippen molar-refractivity contribution in [2.24, 2.45) is 0 Å². The molecule has 0 N–H and O–H groups in total. The van der Waals surface area contributed by atoms with Gasteiger partial charge >= 0.3 is 0 Å². The molecule has 5 heteroatoms. The second kappa shape index (κ2) is 5.66. The molecule has 1 unspecified atom stereocenters. The highest BCUT2D eigenvalue weighted by Gasteiger charge is 2.27. The van der Waals surface area contributed by atoms with Crippen molar-refractivity contribution in [2.75, 3.05) is 7.11 Å². The van der Waals surface area contributed by atoms with Crippen LogP contribution in [-0.4, -0.2) is 23.3 Å². The van der Waals surface area contributed by atoms with E-state index >= 15 is 0 Å². The molecule has 0 saturated carbocycles. The van der Waals surface area contributed by atoms with Crippen molar-refractivity contribution in [3.8, 4) is 5.75 Å². The monoisotopic (exact) mass is 318 g/mol. The molecule has 1 aromatic carbocycles. The summed E-state index contributed by atoms with van der Waals surface area (Å²) >= 11 is 6.13. The Bertz CT molecular complexity index is 436. The maximum atomic E-state index is 6.13. The number of rotatable bonds is 4. The molecule has 1 rings (SSSR count). The lowest BCUT2D eigenvalue weighted by molar-refractivity contribution is 0.421. The summed E-state index contributed by atoms with van der Waals surface area (Å²) in [6.45, 7) is 14.2. The smallest absolute Gasteiger partial charge is 0.126 e. The average molecular weight is 319 g/mol. The van der Waals surface area contributed by atoms with E-state index in [-0.39, 0.29) is 7.93 Å². The van der Waals surface area contributed by atoms with Gasteiger partial charge in [0.05, 0.1) is 23.3 Å². The van der Waals surface area contributed by atoms with Gasteiger partial charge in [-0.05, 0) is 5.19 Å². The van der Waals surface area contributed by atoms with Gasteiger partial charge in [0, 0.05) is 13.2 Å². The van der Waals surface area contributed by atoms with Crippen LogP contribution in [0.5, 0.6) is 5.75 Å². The Balaban J connectivity index is 3.57.